The van der Waals surface area contributed by atoms with Crippen LogP contribution in [0, 0.1) is 6.92 Å². The standard InChI is InChI=1S/C16H25NO2/c1-12-4-5-13-6-7-15(14(13)10-12)17-11-16(2,18)8-9-19-3/h4-5,10,15,17-18H,6-9,11H2,1-3H3. The van der Waals surface area contributed by atoms with Crippen LogP contribution in [0.2, 0.25) is 0 Å². The van der Waals surface area contributed by atoms with Gasteiger partial charge >= 0.3 is 0 Å². The van der Waals surface area contributed by atoms with E-state index in [1.165, 1.54) is 16.7 Å². The topological polar surface area (TPSA) is 41.5 Å². The molecule has 0 saturated carbocycles. The molecule has 1 aliphatic carbocycles. The number of fused-ring (bicyclic) bond motifs is 1. The number of hydrogen-bond donors (Lipinski definition) is 2. The van der Waals surface area contributed by atoms with Gasteiger partial charge in [0.1, 0.15) is 0 Å². The monoisotopic (exact) mass is 263 g/mol. The number of methoxy groups -OCH3 is 1. The van der Waals surface area contributed by atoms with Crippen molar-refractivity contribution in [2.24, 2.45) is 0 Å². The molecule has 106 valence electrons. The minimum Gasteiger partial charge on any atom is -0.389 e. The van der Waals surface area contributed by atoms with Gasteiger partial charge in [-0.25, -0.2) is 0 Å². The fraction of sp³-hybridized carbons (Fsp3) is 0.625. The number of nitrogens with one attached hydrogen (secondary N) is 1. The molecule has 19 heavy (non-hydrogen) atoms. The zero-order valence-electron chi connectivity index (χ0n) is 12.2. The molecule has 0 aromatic heterocycles. The first-order valence-corrected chi connectivity index (χ1v) is 7.06. The molecule has 0 spiro atoms. The van der Waals surface area contributed by atoms with Gasteiger partial charge in [-0.05, 0) is 37.8 Å². The van der Waals surface area contributed by atoms with Crippen LogP contribution in [-0.2, 0) is 11.2 Å². The van der Waals surface area contributed by atoms with E-state index in [0.717, 1.165) is 12.8 Å². The van der Waals surface area contributed by atoms with Gasteiger partial charge in [-0.3, -0.25) is 0 Å². The summed E-state index contributed by atoms with van der Waals surface area (Å²) in [4.78, 5) is 0. The second kappa shape index (κ2) is 6.04. The van der Waals surface area contributed by atoms with Crippen LogP contribution in [0.4, 0.5) is 0 Å². The molecule has 2 atom stereocenters. The van der Waals surface area contributed by atoms with E-state index in [0.29, 0.717) is 25.6 Å². The number of aryl methyl sites for hydroxylation is 2. The lowest BCUT2D eigenvalue weighted by Gasteiger charge is -2.26. The van der Waals surface area contributed by atoms with Crippen LogP contribution >= 0.6 is 0 Å². The van der Waals surface area contributed by atoms with E-state index in [1.807, 2.05) is 6.92 Å². The highest BCUT2D eigenvalue weighted by molar-refractivity contribution is 5.37. The number of ether oxygens (including phenoxy) is 1. The van der Waals surface area contributed by atoms with E-state index in [-0.39, 0.29) is 0 Å². The normalized spacial score (nSPS) is 21.2. The van der Waals surface area contributed by atoms with Crippen LogP contribution < -0.4 is 5.32 Å². The Morgan fingerprint density at radius 1 is 1.47 bits per heavy atom. The third kappa shape index (κ3) is 3.78. The van der Waals surface area contributed by atoms with Crippen molar-refractivity contribution >= 4 is 0 Å². The smallest absolute Gasteiger partial charge is 0.0765 e. The predicted octanol–water partition coefficient (Wildman–Crippen LogP) is 2.36. The first kappa shape index (κ1) is 14.5. The largest absolute Gasteiger partial charge is 0.389 e. The van der Waals surface area contributed by atoms with Crippen molar-refractivity contribution in [3.05, 3.63) is 34.9 Å². The van der Waals surface area contributed by atoms with Crippen LogP contribution in [0.15, 0.2) is 18.2 Å². The molecule has 1 aliphatic rings. The highest BCUT2D eigenvalue weighted by Crippen LogP contribution is 2.32. The van der Waals surface area contributed by atoms with E-state index in [9.17, 15) is 5.11 Å². The second-order valence-electron chi connectivity index (χ2n) is 5.91. The minimum absolute atomic E-state index is 0.379. The van der Waals surface area contributed by atoms with Crippen LogP contribution in [-0.4, -0.2) is 31.0 Å². The first-order chi connectivity index (χ1) is 9.02. The summed E-state index contributed by atoms with van der Waals surface area (Å²) >= 11 is 0. The predicted molar refractivity (Wildman–Crippen MR) is 77.4 cm³/mol. The molecule has 0 fully saturated rings. The number of rotatable bonds is 6. The van der Waals surface area contributed by atoms with Crippen molar-refractivity contribution in [1.29, 1.82) is 0 Å². The molecule has 3 nitrogen and oxygen atoms in total. The Morgan fingerprint density at radius 3 is 3.00 bits per heavy atom. The first-order valence-electron chi connectivity index (χ1n) is 7.06. The van der Waals surface area contributed by atoms with Gasteiger partial charge in [-0.2, -0.15) is 0 Å². The third-order valence-electron chi connectivity index (χ3n) is 3.95. The summed E-state index contributed by atoms with van der Waals surface area (Å²) in [6, 6.07) is 7.05. The maximum absolute atomic E-state index is 10.3. The van der Waals surface area contributed by atoms with Gasteiger partial charge in [0.25, 0.3) is 0 Å². The van der Waals surface area contributed by atoms with E-state index in [4.69, 9.17) is 4.74 Å². The lowest BCUT2D eigenvalue weighted by Crippen LogP contribution is -2.39. The van der Waals surface area contributed by atoms with Crippen LogP contribution in [0.25, 0.3) is 0 Å². The number of aliphatic hydroxyl groups is 1. The Labute approximate surface area is 116 Å². The Bertz CT molecular complexity index is 429. The van der Waals surface area contributed by atoms with E-state index in [2.05, 4.69) is 30.4 Å². The van der Waals surface area contributed by atoms with Crippen molar-refractivity contribution in [1.82, 2.24) is 5.32 Å². The zero-order valence-corrected chi connectivity index (χ0v) is 12.2. The third-order valence-corrected chi connectivity index (χ3v) is 3.95. The summed E-state index contributed by atoms with van der Waals surface area (Å²) in [5, 5.41) is 13.8. The van der Waals surface area contributed by atoms with Crippen LogP contribution in [0.1, 0.15) is 42.5 Å². The lowest BCUT2D eigenvalue weighted by atomic mass is 10.0. The van der Waals surface area contributed by atoms with E-state index >= 15 is 0 Å². The maximum Gasteiger partial charge on any atom is 0.0765 e. The molecule has 0 heterocycles. The van der Waals surface area contributed by atoms with Crippen molar-refractivity contribution < 1.29 is 9.84 Å². The SMILES string of the molecule is COCCC(C)(O)CNC1CCc2ccc(C)cc21. The van der Waals surface area contributed by atoms with Crippen molar-refractivity contribution in [2.75, 3.05) is 20.3 Å². The number of benzene rings is 1. The fourth-order valence-corrected chi connectivity index (χ4v) is 2.69. The van der Waals surface area contributed by atoms with Gasteiger partial charge in [0.2, 0.25) is 0 Å². The summed E-state index contributed by atoms with van der Waals surface area (Å²) in [5.74, 6) is 0. The molecule has 0 bridgehead atoms. The molecule has 0 aliphatic heterocycles. The van der Waals surface area contributed by atoms with Crippen molar-refractivity contribution in [2.45, 2.75) is 44.8 Å². The summed E-state index contributed by atoms with van der Waals surface area (Å²) in [6.07, 6.45) is 2.91. The average Bonchev–Trinajstić information content (AvgIpc) is 2.76. The van der Waals surface area contributed by atoms with Crippen LogP contribution in [0.5, 0.6) is 0 Å². The average molecular weight is 263 g/mol. The Balaban J connectivity index is 1.94. The fourth-order valence-electron chi connectivity index (χ4n) is 2.69. The molecule has 0 amide bonds. The Morgan fingerprint density at radius 2 is 2.26 bits per heavy atom. The van der Waals surface area contributed by atoms with Gasteiger partial charge in [0.15, 0.2) is 0 Å². The van der Waals surface area contributed by atoms with Gasteiger partial charge in [0.05, 0.1) is 5.60 Å². The number of hydrogen-bond acceptors (Lipinski definition) is 3. The molecule has 1 aromatic rings. The molecule has 2 unspecified atom stereocenters. The molecule has 2 rings (SSSR count). The highest BCUT2D eigenvalue weighted by atomic mass is 16.5. The van der Waals surface area contributed by atoms with E-state index in [1.54, 1.807) is 7.11 Å². The zero-order chi connectivity index (χ0) is 13.9. The molecule has 2 N–H and O–H groups in total. The van der Waals surface area contributed by atoms with Gasteiger partial charge in [-0.15, -0.1) is 0 Å². The molecule has 1 aromatic carbocycles. The van der Waals surface area contributed by atoms with Crippen molar-refractivity contribution in [3.63, 3.8) is 0 Å². The quantitative estimate of drug-likeness (QED) is 0.828. The highest BCUT2D eigenvalue weighted by Gasteiger charge is 2.26. The Kier molecular flexibility index (Phi) is 4.61. The molecular weight excluding hydrogens is 238 g/mol. The van der Waals surface area contributed by atoms with Gasteiger partial charge < -0.3 is 15.2 Å². The lowest BCUT2D eigenvalue weighted by molar-refractivity contribution is 0.0227. The van der Waals surface area contributed by atoms with Crippen LogP contribution in [0.3, 0.4) is 0 Å². The maximum atomic E-state index is 10.3. The van der Waals surface area contributed by atoms with E-state index < -0.39 is 5.60 Å². The second-order valence-corrected chi connectivity index (χ2v) is 5.91. The van der Waals surface area contributed by atoms with Gasteiger partial charge in [0, 0.05) is 32.7 Å². The molecule has 0 radical (unpaired) electrons. The molecule has 0 saturated heterocycles. The molecular formula is C16H25NO2. The summed E-state index contributed by atoms with van der Waals surface area (Å²) in [7, 11) is 1.67. The van der Waals surface area contributed by atoms with Gasteiger partial charge in [-0.1, -0.05) is 23.8 Å². The molecule has 3 heteroatoms. The van der Waals surface area contributed by atoms with Crippen molar-refractivity contribution in [3.8, 4) is 0 Å². The summed E-state index contributed by atoms with van der Waals surface area (Å²) in [6.45, 7) is 5.19. The summed E-state index contributed by atoms with van der Waals surface area (Å²) in [5.41, 5.74) is 3.45. The summed E-state index contributed by atoms with van der Waals surface area (Å²) < 4.78 is 5.03. The minimum atomic E-state index is -0.706. The Hall–Kier alpha value is -0.900.